The summed E-state index contributed by atoms with van der Waals surface area (Å²) in [7, 11) is -4.05. The number of sulfone groups is 1. The van der Waals surface area contributed by atoms with Gasteiger partial charge in [0.1, 0.15) is 18.2 Å². The molecule has 47 heavy (non-hydrogen) atoms. The number of nitrogens with one attached hydrogen (secondary N) is 1. The molecule has 0 amide bonds. The van der Waals surface area contributed by atoms with Gasteiger partial charge < -0.3 is 19.4 Å². The Bertz CT molecular complexity index is 2070. The van der Waals surface area contributed by atoms with Crippen LogP contribution < -0.4 is 15.6 Å². The molecule has 1 aliphatic rings. The maximum atomic E-state index is 15.0. The van der Waals surface area contributed by atoms with Gasteiger partial charge in [-0.15, -0.1) is 0 Å². The van der Waals surface area contributed by atoms with E-state index in [9.17, 15) is 22.0 Å². The van der Waals surface area contributed by atoms with Crippen LogP contribution in [-0.4, -0.2) is 41.9 Å². The molecule has 5 aromatic rings. The summed E-state index contributed by atoms with van der Waals surface area (Å²) in [6.45, 7) is 2.83. The summed E-state index contributed by atoms with van der Waals surface area (Å²) in [5.41, 5.74) is 2.52. The number of hydrogen-bond acceptors (Lipinski definition) is 8. The van der Waals surface area contributed by atoms with E-state index >= 15 is 0 Å². The van der Waals surface area contributed by atoms with Crippen LogP contribution in [0.5, 0.6) is 5.75 Å². The zero-order valence-corrected chi connectivity index (χ0v) is 26.3. The summed E-state index contributed by atoms with van der Waals surface area (Å²) in [6.07, 6.45) is 0.848. The first-order valence-corrected chi connectivity index (χ1v) is 16.7. The van der Waals surface area contributed by atoms with Crippen molar-refractivity contribution in [2.75, 3.05) is 24.2 Å². The number of aromatic nitrogens is 3. The number of aryl methyl sites for hydroxylation is 1. The Morgan fingerprint density at radius 1 is 0.979 bits per heavy atom. The molecule has 1 unspecified atom stereocenters. The zero-order valence-electron chi connectivity index (χ0n) is 25.5. The summed E-state index contributed by atoms with van der Waals surface area (Å²) >= 11 is 0. The molecule has 2 aromatic heterocycles. The van der Waals surface area contributed by atoms with E-state index in [4.69, 9.17) is 9.47 Å². The Morgan fingerprint density at radius 3 is 2.57 bits per heavy atom. The smallest absolute Gasteiger partial charge is 0.286 e. The van der Waals surface area contributed by atoms with E-state index in [2.05, 4.69) is 15.3 Å². The highest BCUT2D eigenvalue weighted by molar-refractivity contribution is 7.91. The highest BCUT2D eigenvalue weighted by atomic mass is 32.2. The van der Waals surface area contributed by atoms with Crippen LogP contribution in [0.1, 0.15) is 34.9 Å². The van der Waals surface area contributed by atoms with Crippen LogP contribution in [-0.2, 0) is 27.7 Å². The lowest BCUT2D eigenvalue weighted by Crippen LogP contribution is -2.24. The third-order valence-corrected chi connectivity index (χ3v) is 9.25. The second-order valence-corrected chi connectivity index (χ2v) is 13.2. The molecule has 242 valence electrons. The first-order valence-electron chi connectivity index (χ1n) is 15.0. The molecule has 1 aliphatic heterocycles. The third-order valence-electron chi connectivity index (χ3n) is 7.74. The Morgan fingerprint density at radius 2 is 1.77 bits per heavy atom. The number of halogens is 2. The molecule has 0 aliphatic carbocycles. The van der Waals surface area contributed by atoms with Crippen LogP contribution in [0.25, 0.3) is 11.3 Å². The molecular formula is C35H32F2N4O5S. The zero-order chi connectivity index (χ0) is 33.0. The highest BCUT2D eigenvalue weighted by Crippen LogP contribution is 2.29. The van der Waals surface area contributed by atoms with Crippen molar-refractivity contribution in [1.29, 1.82) is 0 Å². The third kappa shape index (κ3) is 7.55. The van der Waals surface area contributed by atoms with Gasteiger partial charge in [0, 0.05) is 29.6 Å². The maximum Gasteiger partial charge on any atom is 0.286 e. The van der Waals surface area contributed by atoms with Gasteiger partial charge in [0.05, 0.1) is 36.4 Å². The SMILES string of the molecule is Cc1cc(-c2cc(F)c(=O)n(Cc3ccc4c(c3)NCCO4)c2)nc(S(=O)(=O)CCC(OCc2ccccc2F)c2ccccc2)n1. The van der Waals surface area contributed by atoms with Gasteiger partial charge >= 0.3 is 0 Å². The Kier molecular flexibility index (Phi) is 9.41. The molecule has 0 saturated carbocycles. The van der Waals surface area contributed by atoms with Crippen molar-refractivity contribution >= 4 is 15.5 Å². The number of anilines is 1. The van der Waals surface area contributed by atoms with E-state index in [0.717, 1.165) is 22.9 Å². The monoisotopic (exact) mass is 658 g/mol. The summed E-state index contributed by atoms with van der Waals surface area (Å²) in [5, 5.41) is 2.81. The van der Waals surface area contributed by atoms with Crippen molar-refractivity contribution < 1.29 is 26.7 Å². The Labute approximate surface area is 270 Å². The normalized spacial score (nSPS) is 13.3. The van der Waals surface area contributed by atoms with Gasteiger partial charge in [0.25, 0.3) is 5.56 Å². The molecule has 1 atom stereocenters. The average Bonchev–Trinajstić information content (AvgIpc) is 3.07. The number of fused-ring (bicyclic) bond motifs is 1. The fourth-order valence-electron chi connectivity index (χ4n) is 5.34. The number of hydrogen-bond donors (Lipinski definition) is 1. The number of pyridine rings is 1. The van der Waals surface area contributed by atoms with E-state index in [-0.39, 0.29) is 36.6 Å². The molecule has 6 rings (SSSR count). The molecule has 0 radical (unpaired) electrons. The minimum Gasteiger partial charge on any atom is -0.490 e. The molecule has 0 bridgehead atoms. The molecular weight excluding hydrogens is 626 g/mol. The lowest BCUT2D eigenvalue weighted by molar-refractivity contribution is 0.0361. The van der Waals surface area contributed by atoms with Gasteiger partial charge in [-0.25, -0.2) is 27.2 Å². The fourth-order valence-corrected chi connectivity index (χ4v) is 6.57. The molecule has 3 heterocycles. The number of nitrogens with zero attached hydrogens (tertiary/aromatic N) is 3. The first-order chi connectivity index (χ1) is 22.7. The standard InChI is InChI=1S/C35H32F2N4O5S/c1-23-17-30(27-19-29(37)34(42)41(21-27)20-24-11-12-33-31(18-24)38-14-15-45-33)40-35(39-23)47(43,44)16-13-32(25-7-3-2-4-8-25)46-22-26-9-5-6-10-28(26)36/h2-12,17-19,21,32,38H,13-16,20,22H2,1H3. The summed E-state index contributed by atoms with van der Waals surface area (Å²) < 4.78 is 69.3. The molecule has 0 spiro atoms. The molecule has 0 saturated heterocycles. The highest BCUT2D eigenvalue weighted by Gasteiger charge is 2.24. The Balaban J connectivity index is 1.24. The number of benzene rings is 3. The topological polar surface area (TPSA) is 112 Å². The van der Waals surface area contributed by atoms with Crippen molar-refractivity contribution in [3.63, 3.8) is 0 Å². The van der Waals surface area contributed by atoms with Crippen molar-refractivity contribution in [3.05, 3.63) is 135 Å². The van der Waals surface area contributed by atoms with Crippen molar-refractivity contribution in [1.82, 2.24) is 14.5 Å². The lowest BCUT2D eigenvalue weighted by atomic mass is 10.1. The van der Waals surface area contributed by atoms with Crippen LogP contribution >= 0.6 is 0 Å². The van der Waals surface area contributed by atoms with Crippen molar-refractivity contribution in [2.45, 2.75) is 37.8 Å². The summed E-state index contributed by atoms with van der Waals surface area (Å²) in [5.74, 6) is -1.08. The predicted octanol–water partition coefficient (Wildman–Crippen LogP) is 5.87. The first kappa shape index (κ1) is 32.0. The second kappa shape index (κ2) is 13.8. The van der Waals surface area contributed by atoms with Gasteiger partial charge in [-0.2, -0.15) is 0 Å². The van der Waals surface area contributed by atoms with E-state index in [1.165, 1.54) is 22.9 Å². The van der Waals surface area contributed by atoms with Gasteiger partial charge in [-0.3, -0.25) is 4.79 Å². The van der Waals surface area contributed by atoms with Gasteiger partial charge in [0.2, 0.25) is 15.0 Å². The number of ether oxygens (including phenoxy) is 2. The van der Waals surface area contributed by atoms with Crippen LogP contribution in [0.2, 0.25) is 0 Å². The number of rotatable bonds is 11. The van der Waals surface area contributed by atoms with E-state index in [1.54, 1.807) is 37.3 Å². The van der Waals surface area contributed by atoms with E-state index < -0.39 is 38.3 Å². The summed E-state index contributed by atoms with van der Waals surface area (Å²) in [6, 6.07) is 23.3. The van der Waals surface area contributed by atoms with Gasteiger partial charge in [-0.1, -0.05) is 54.6 Å². The maximum absolute atomic E-state index is 15.0. The minimum absolute atomic E-state index is 0.0472. The quantitative estimate of drug-likeness (QED) is 0.176. The Hall–Kier alpha value is -4.94. The van der Waals surface area contributed by atoms with Crippen molar-refractivity contribution in [3.8, 4) is 17.0 Å². The van der Waals surface area contributed by atoms with E-state index in [1.807, 2.05) is 36.4 Å². The van der Waals surface area contributed by atoms with Crippen molar-refractivity contribution in [2.24, 2.45) is 0 Å². The minimum atomic E-state index is -4.05. The van der Waals surface area contributed by atoms with Crippen LogP contribution in [0.4, 0.5) is 14.5 Å². The predicted molar refractivity (Wildman–Crippen MR) is 173 cm³/mol. The second-order valence-electron chi connectivity index (χ2n) is 11.2. The molecule has 3 aromatic carbocycles. The molecule has 9 nitrogen and oxygen atoms in total. The molecule has 1 N–H and O–H groups in total. The largest absolute Gasteiger partial charge is 0.490 e. The average molecular weight is 659 g/mol. The van der Waals surface area contributed by atoms with Crippen LogP contribution in [0, 0.1) is 18.6 Å². The molecule has 12 heteroatoms. The van der Waals surface area contributed by atoms with E-state index in [0.29, 0.717) is 30.2 Å². The fraction of sp³-hybridized carbons (Fsp3) is 0.229. The molecule has 0 fully saturated rings. The van der Waals surface area contributed by atoms with Gasteiger partial charge in [0.15, 0.2) is 5.82 Å². The lowest BCUT2D eigenvalue weighted by Gasteiger charge is -2.20. The van der Waals surface area contributed by atoms with Crippen LogP contribution in [0.3, 0.4) is 0 Å². The van der Waals surface area contributed by atoms with Crippen LogP contribution in [0.15, 0.2) is 101 Å². The summed E-state index contributed by atoms with van der Waals surface area (Å²) in [4.78, 5) is 21.3. The van der Waals surface area contributed by atoms with Gasteiger partial charge in [-0.05, 0) is 54.8 Å².